The molecule has 0 saturated carbocycles. The fourth-order valence-electron chi connectivity index (χ4n) is 1.69. The van der Waals surface area contributed by atoms with Gasteiger partial charge >= 0.3 is 6.18 Å². The molecule has 2 N–H and O–H groups in total. The third-order valence-corrected chi connectivity index (χ3v) is 3.09. The maximum atomic E-state index is 12.7. The lowest BCUT2D eigenvalue weighted by Crippen LogP contribution is -2.27. The molecule has 114 valence electrons. The SMILES string of the molecule is CC(C)(C)C(N)c1noc(-c2cccc(C(F)(F)F)c2)n1. The Balaban J connectivity index is 2.34. The number of rotatable bonds is 2. The van der Waals surface area contributed by atoms with Gasteiger partial charge in [-0.05, 0) is 23.6 Å². The molecule has 7 heteroatoms. The number of hydrogen-bond acceptors (Lipinski definition) is 4. The van der Waals surface area contributed by atoms with E-state index in [1.54, 1.807) is 0 Å². The van der Waals surface area contributed by atoms with E-state index in [-0.39, 0.29) is 22.7 Å². The molecule has 0 aliphatic heterocycles. The summed E-state index contributed by atoms with van der Waals surface area (Å²) >= 11 is 0. The topological polar surface area (TPSA) is 64.9 Å². The Bertz CT molecular complexity index is 629. The van der Waals surface area contributed by atoms with Crippen LogP contribution in [0.3, 0.4) is 0 Å². The average molecular weight is 299 g/mol. The van der Waals surface area contributed by atoms with Crippen LogP contribution in [0.25, 0.3) is 11.5 Å². The van der Waals surface area contributed by atoms with Crippen molar-refractivity contribution in [1.29, 1.82) is 0 Å². The van der Waals surface area contributed by atoms with Crippen molar-refractivity contribution in [1.82, 2.24) is 10.1 Å². The number of benzene rings is 1. The van der Waals surface area contributed by atoms with Gasteiger partial charge in [0.15, 0.2) is 5.82 Å². The van der Waals surface area contributed by atoms with Gasteiger partial charge in [-0.1, -0.05) is 32.0 Å². The number of aromatic nitrogens is 2. The van der Waals surface area contributed by atoms with Crippen LogP contribution in [0, 0.1) is 5.41 Å². The predicted molar refractivity (Wildman–Crippen MR) is 71.1 cm³/mol. The van der Waals surface area contributed by atoms with E-state index in [1.807, 2.05) is 20.8 Å². The van der Waals surface area contributed by atoms with E-state index >= 15 is 0 Å². The molecule has 0 saturated heterocycles. The Morgan fingerprint density at radius 1 is 1.19 bits per heavy atom. The second kappa shape index (κ2) is 5.14. The maximum absolute atomic E-state index is 12.7. The molecule has 0 fully saturated rings. The van der Waals surface area contributed by atoms with E-state index in [1.165, 1.54) is 12.1 Å². The monoisotopic (exact) mass is 299 g/mol. The summed E-state index contributed by atoms with van der Waals surface area (Å²) in [7, 11) is 0. The highest BCUT2D eigenvalue weighted by Gasteiger charge is 2.31. The number of hydrogen-bond donors (Lipinski definition) is 1. The van der Waals surface area contributed by atoms with Crippen LogP contribution in [0.4, 0.5) is 13.2 Å². The van der Waals surface area contributed by atoms with Crippen LogP contribution < -0.4 is 5.73 Å². The molecule has 0 aliphatic rings. The summed E-state index contributed by atoms with van der Waals surface area (Å²) in [5, 5.41) is 3.76. The van der Waals surface area contributed by atoms with Gasteiger partial charge in [-0.3, -0.25) is 0 Å². The highest BCUT2D eigenvalue weighted by molar-refractivity contribution is 5.54. The normalized spacial score (nSPS) is 14.2. The molecular formula is C14H16F3N3O. The van der Waals surface area contributed by atoms with Crippen LogP contribution in [-0.4, -0.2) is 10.1 Å². The fraction of sp³-hybridized carbons (Fsp3) is 0.429. The van der Waals surface area contributed by atoms with E-state index < -0.39 is 17.8 Å². The zero-order valence-corrected chi connectivity index (χ0v) is 11.9. The van der Waals surface area contributed by atoms with Crippen molar-refractivity contribution in [2.24, 2.45) is 11.1 Å². The average Bonchev–Trinajstić information content (AvgIpc) is 2.85. The molecule has 1 atom stereocenters. The molecule has 1 heterocycles. The van der Waals surface area contributed by atoms with E-state index in [2.05, 4.69) is 10.1 Å². The van der Waals surface area contributed by atoms with Crippen molar-refractivity contribution in [2.75, 3.05) is 0 Å². The van der Waals surface area contributed by atoms with Gasteiger partial charge in [-0.25, -0.2) is 0 Å². The van der Waals surface area contributed by atoms with Crippen LogP contribution in [0.1, 0.15) is 38.2 Å². The Morgan fingerprint density at radius 3 is 2.43 bits per heavy atom. The van der Waals surface area contributed by atoms with Crippen molar-refractivity contribution in [3.8, 4) is 11.5 Å². The summed E-state index contributed by atoms with van der Waals surface area (Å²) < 4.78 is 43.1. The van der Waals surface area contributed by atoms with Gasteiger partial charge in [0.1, 0.15) is 0 Å². The van der Waals surface area contributed by atoms with E-state index in [9.17, 15) is 13.2 Å². The summed E-state index contributed by atoms with van der Waals surface area (Å²) in [6, 6.07) is 4.27. The first-order chi connectivity index (χ1) is 9.59. The lowest BCUT2D eigenvalue weighted by molar-refractivity contribution is -0.137. The molecule has 1 unspecified atom stereocenters. The Hall–Kier alpha value is -1.89. The molecule has 4 nitrogen and oxygen atoms in total. The summed E-state index contributed by atoms with van der Waals surface area (Å²) in [6.07, 6.45) is -4.42. The number of nitrogens with zero attached hydrogens (tertiary/aromatic N) is 2. The zero-order valence-electron chi connectivity index (χ0n) is 11.9. The van der Waals surface area contributed by atoms with Crippen LogP contribution in [0.15, 0.2) is 28.8 Å². The highest BCUT2D eigenvalue weighted by atomic mass is 19.4. The minimum absolute atomic E-state index is 0.0239. The summed E-state index contributed by atoms with van der Waals surface area (Å²) in [5.74, 6) is 0.297. The summed E-state index contributed by atoms with van der Waals surface area (Å²) in [4.78, 5) is 4.10. The second-order valence-electron chi connectivity index (χ2n) is 5.88. The molecular weight excluding hydrogens is 283 g/mol. The fourth-order valence-corrected chi connectivity index (χ4v) is 1.69. The molecule has 0 bridgehead atoms. The second-order valence-corrected chi connectivity index (χ2v) is 5.88. The molecule has 1 aromatic carbocycles. The molecule has 2 rings (SSSR count). The Morgan fingerprint density at radius 2 is 1.86 bits per heavy atom. The van der Waals surface area contributed by atoms with Gasteiger partial charge in [0.2, 0.25) is 0 Å². The van der Waals surface area contributed by atoms with Crippen molar-refractivity contribution in [3.63, 3.8) is 0 Å². The predicted octanol–water partition coefficient (Wildman–Crippen LogP) is 3.80. The van der Waals surface area contributed by atoms with E-state index in [4.69, 9.17) is 10.3 Å². The third kappa shape index (κ3) is 3.41. The van der Waals surface area contributed by atoms with Gasteiger partial charge in [-0.2, -0.15) is 18.2 Å². The van der Waals surface area contributed by atoms with Crippen molar-refractivity contribution in [2.45, 2.75) is 33.0 Å². The smallest absolute Gasteiger partial charge is 0.334 e. The van der Waals surface area contributed by atoms with Crippen molar-refractivity contribution in [3.05, 3.63) is 35.7 Å². The van der Waals surface area contributed by atoms with Gasteiger partial charge < -0.3 is 10.3 Å². The standard InChI is InChI=1S/C14H16F3N3O/c1-13(2,3)10(18)11-19-12(21-20-11)8-5-4-6-9(7-8)14(15,16)17/h4-7,10H,18H2,1-3H3. The number of nitrogens with two attached hydrogens (primary N) is 1. The van der Waals surface area contributed by atoms with Crippen LogP contribution in [-0.2, 0) is 6.18 Å². The number of alkyl halides is 3. The molecule has 1 aromatic heterocycles. The third-order valence-electron chi connectivity index (χ3n) is 3.09. The van der Waals surface area contributed by atoms with Gasteiger partial charge in [0, 0.05) is 5.56 Å². The van der Waals surface area contributed by atoms with Gasteiger partial charge in [0.05, 0.1) is 11.6 Å². The highest BCUT2D eigenvalue weighted by Crippen LogP contribution is 2.33. The first-order valence-corrected chi connectivity index (χ1v) is 6.36. The van der Waals surface area contributed by atoms with Crippen LogP contribution in [0.5, 0.6) is 0 Å². The lowest BCUT2D eigenvalue weighted by Gasteiger charge is -2.23. The zero-order chi connectivity index (χ0) is 15.8. The quantitative estimate of drug-likeness (QED) is 0.916. The van der Waals surface area contributed by atoms with Gasteiger partial charge in [-0.15, -0.1) is 0 Å². The first kappa shape index (κ1) is 15.5. The van der Waals surface area contributed by atoms with Crippen LogP contribution in [0.2, 0.25) is 0 Å². The van der Waals surface area contributed by atoms with Gasteiger partial charge in [0.25, 0.3) is 5.89 Å². The first-order valence-electron chi connectivity index (χ1n) is 6.36. The minimum atomic E-state index is -4.42. The summed E-state index contributed by atoms with van der Waals surface area (Å²) in [5.41, 5.74) is 5.16. The lowest BCUT2D eigenvalue weighted by atomic mass is 9.87. The van der Waals surface area contributed by atoms with E-state index in [0.717, 1.165) is 12.1 Å². The van der Waals surface area contributed by atoms with E-state index in [0.29, 0.717) is 0 Å². The largest absolute Gasteiger partial charge is 0.416 e. The maximum Gasteiger partial charge on any atom is 0.416 e. The molecule has 2 aromatic rings. The Labute approximate surface area is 120 Å². The van der Waals surface area contributed by atoms with Crippen LogP contribution >= 0.6 is 0 Å². The Kier molecular flexibility index (Phi) is 3.79. The molecule has 0 radical (unpaired) electrons. The molecule has 0 amide bonds. The molecule has 0 aliphatic carbocycles. The minimum Gasteiger partial charge on any atom is -0.334 e. The van der Waals surface area contributed by atoms with Crippen molar-refractivity contribution < 1.29 is 17.7 Å². The summed E-state index contributed by atoms with van der Waals surface area (Å²) in [6.45, 7) is 5.74. The number of halogens is 3. The molecule has 21 heavy (non-hydrogen) atoms. The molecule has 0 spiro atoms. The van der Waals surface area contributed by atoms with Crippen molar-refractivity contribution >= 4 is 0 Å².